The molecular formula is C12H11BrN2O4. The maximum Gasteiger partial charge on any atom is 0.310 e. The SMILES string of the molecule is CCOC(=O)Cc1cc(CBr)cc([N+](=O)[O-])c1C#N. The molecule has 7 heteroatoms. The van der Waals surface area contributed by atoms with E-state index < -0.39 is 10.9 Å². The largest absolute Gasteiger partial charge is 0.466 e. The Morgan fingerprint density at radius 1 is 1.58 bits per heavy atom. The maximum absolute atomic E-state index is 11.4. The third-order valence-corrected chi connectivity index (χ3v) is 3.01. The van der Waals surface area contributed by atoms with Crippen LogP contribution in [0.15, 0.2) is 12.1 Å². The van der Waals surface area contributed by atoms with E-state index in [4.69, 9.17) is 10.00 Å². The van der Waals surface area contributed by atoms with Crippen LogP contribution in [0.4, 0.5) is 5.69 Å². The Morgan fingerprint density at radius 2 is 2.26 bits per heavy atom. The number of carbonyl (C=O) groups is 1. The van der Waals surface area contributed by atoms with Gasteiger partial charge in [0.25, 0.3) is 5.69 Å². The van der Waals surface area contributed by atoms with Gasteiger partial charge in [-0.1, -0.05) is 22.0 Å². The van der Waals surface area contributed by atoms with Crippen LogP contribution in [0.2, 0.25) is 0 Å². The molecular weight excluding hydrogens is 316 g/mol. The number of hydrogen-bond acceptors (Lipinski definition) is 5. The molecule has 1 rings (SSSR count). The first-order valence-electron chi connectivity index (χ1n) is 5.45. The van der Waals surface area contributed by atoms with Crippen LogP contribution in [-0.2, 0) is 21.3 Å². The van der Waals surface area contributed by atoms with Gasteiger partial charge in [-0.2, -0.15) is 5.26 Å². The third kappa shape index (κ3) is 3.76. The van der Waals surface area contributed by atoms with E-state index in [0.717, 1.165) is 0 Å². The molecule has 1 aromatic carbocycles. The van der Waals surface area contributed by atoms with Gasteiger partial charge in [0.15, 0.2) is 0 Å². The number of hydrogen-bond donors (Lipinski definition) is 0. The Morgan fingerprint density at radius 3 is 2.74 bits per heavy atom. The Labute approximate surface area is 118 Å². The molecule has 0 saturated heterocycles. The van der Waals surface area contributed by atoms with Gasteiger partial charge in [0.1, 0.15) is 11.6 Å². The fourth-order valence-electron chi connectivity index (χ4n) is 1.61. The molecule has 0 saturated carbocycles. The summed E-state index contributed by atoms with van der Waals surface area (Å²) in [4.78, 5) is 21.8. The van der Waals surface area contributed by atoms with E-state index in [1.54, 1.807) is 19.1 Å². The minimum atomic E-state index is -0.626. The van der Waals surface area contributed by atoms with Crippen molar-refractivity contribution in [1.82, 2.24) is 0 Å². The molecule has 0 aliphatic rings. The van der Waals surface area contributed by atoms with Crippen molar-refractivity contribution in [3.05, 3.63) is 38.9 Å². The summed E-state index contributed by atoms with van der Waals surface area (Å²) >= 11 is 3.20. The number of halogens is 1. The van der Waals surface area contributed by atoms with Crippen LogP contribution < -0.4 is 0 Å². The van der Waals surface area contributed by atoms with E-state index in [1.165, 1.54) is 6.07 Å². The number of nitro benzene ring substituents is 1. The van der Waals surface area contributed by atoms with Crippen molar-refractivity contribution < 1.29 is 14.5 Å². The molecule has 0 aromatic heterocycles. The van der Waals surface area contributed by atoms with Gasteiger partial charge in [0.2, 0.25) is 0 Å². The highest BCUT2D eigenvalue weighted by atomic mass is 79.9. The second kappa shape index (κ2) is 6.85. The molecule has 19 heavy (non-hydrogen) atoms. The number of nitrogens with zero attached hydrogens (tertiary/aromatic N) is 2. The first kappa shape index (κ1) is 15.1. The number of nitro groups is 1. The van der Waals surface area contributed by atoms with Gasteiger partial charge in [0, 0.05) is 11.4 Å². The lowest BCUT2D eigenvalue weighted by atomic mass is 10.0. The summed E-state index contributed by atoms with van der Waals surface area (Å²) in [7, 11) is 0. The minimum Gasteiger partial charge on any atom is -0.466 e. The molecule has 0 fully saturated rings. The van der Waals surface area contributed by atoms with Gasteiger partial charge in [-0.25, -0.2) is 0 Å². The van der Waals surface area contributed by atoms with E-state index in [2.05, 4.69) is 15.9 Å². The highest BCUT2D eigenvalue weighted by molar-refractivity contribution is 9.08. The number of carbonyl (C=O) groups excluding carboxylic acids is 1. The smallest absolute Gasteiger partial charge is 0.310 e. The van der Waals surface area contributed by atoms with Gasteiger partial charge < -0.3 is 4.74 Å². The standard InChI is InChI=1S/C12H11BrN2O4/c1-2-19-12(16)5-9-3-8(6-13)4-11(15(17)18)10(9)7-14/h3-4H,2,5-6H2,1H3. The summed E-state index contributed by atoms with van der Waals surface area (Å²) in [5.41, 5.74) is 0.552. The zero-order valence-electron chi connectivity index (χ0n) is 10.2. The van der Waals surface area contributed by atoms with Crippen LogP contribution in [-0.4, -0.2) is 17.5 Å². The van der Waals surface area contributed by atoms with Crippen LogP contribution in [0.1, 0.15) is 23.6 Å². The second-order valence-corrected chi connectivity index (χ2v) is 4.19. The normalized spacial score (nSPS) is 9.74. The topological polar surface area (TPSA) is 93.2 Å². The van der Waals surface area contributed by atoms with Crippen LogP contribution in [0.5, 0.6) is 0 Å². The number of benzene rings is 1. The molecule has 0 heterocycles. The van der Waals surface area contributed by atoms with Crippen molar-refractivity contribution in [2.75, 3.05) is 6.61 Å². The molecule has 0 unspecified atom stereocenters. The summed E-state index contributed by atoms with van der Waals surface area (Å²) in [6, 6.07) is 4.70. The lowest BCUT2D eigenvalue weighted by Crippen LogP contribution is -2.10. The van der Waals surface area contributed by atoms with Gasteiger partial charge in [-0.15, -0.1) is 0 Å². The predicted molar refractivity (Wildman–Crippen MR) is 70.8 cm³/mol. The van der Waals surface area contributed by atoms with Crippen molar-refractivity contribution in [2.24, 2.45) is 0 Å². The Kier molecular flexibility index (Phi) is 5.45. The highest BCUT2D eigenvalue weighted by Crippen LogP contribution is 2.26. The zero-order valence-corrected chi connectivity index (χ0v) is 11.8. The van der Waals surface area contributed by atoms with Crippen LogP contribution in [0, 0.1) is 21.4 Å². The monoisotopic (exact) mass is 326 g/mol. The quantitative estimate of drug-likeness (QED) is 0.358. The fraction of sp³-hybridized carbons (Fsp3) is 0.333. The summed E-state index contributed by atoms with van der Waals surface area (Å²) < 4.78 is 4.79. The molecule has 1 aromatic rings. The molecule has 0 radical (unpaired) electrons. The zero-order chi connectivity index (χ0) is 14.4. The van der Waals surface area contributed by atoms with Crippen molar-refractivity contribution in [2.45, 2.75) is 18.7 Å². The first-order valence-corrected chi connectivity index (χ1v) is 6.57. The lowest BCUT2D eigenvalue weighted by Gasteiger charge is -2.07. The van der Waals surface area contributed by atoms with E-state index >= 15 is 0 Å². The molecule has 0 atom stereocenters. The maximum atomic E-state index is 11.4. The van der Waals surface area contributed by atoms with Crippen LogP contribution in [0.3, 0.4) is 0 Å². The fourth-order valence-corrected chi connectivity index (χ4v) is 1.93. The van der Waals surface area contributed by atoms with Crippen molar-refractivity contribution in [1.29, 1.82) is 5.26 Å². The van der Waals surface area contributed by atoms with Gasteiger partial charge in [0.05, 0.1) is 18.0 Å². The Hall–Kier alpha value is -1.94. The molecule has 0 bridgehead atoms. The van der Waals surface area contributed by atoms with Gasteiger partial charge in [-0.05, 0) is 18.1 Å². The predicted octanol–water partition coefficient (Wildman–Crippen LogP) is 2.47. The van der Waals surface area contributed by atoms with Crippen molar-refractivity contribution in [3.63, 3.8) is 0 Å². The number of nitriles is 1. The van der Waals surface area contributed by atoms with Crippen LogP contribution >= 0.6 is 15.9 Å². The summed E-state index contributed by atoms with van der Waals surface area (Å²) in [6.07, 6.45) is -0.154. The van der Waals surface area contributed by atoms with Crippen molar-refractivity contribution in [3.8, 4) is 6.07 Å². The Bertz CT molecular complexity index is 551. The summed E-state index contributed by atoms with van der Waals surface area (Å²) in [6.45, 7) is 1.89. The van der Waals surface area contributed by atoms with Crippen LogP contribution in [0.25, 0.3) is 0 Å². The summed E-state index contributed by atoms with van der Waals surface area (Å²) in [5.74, 6) is -0.514. The molecule has 0 spiro atoms. The molecule has 6 nitrogen and oxygen atoms in total. The van der Waals surface area contributed by atoms with Crippen molar-refractivity contribution >= 4 is 27.6 Å². The average Bonchev–Trinajstić information content (AvgIpc) is 2.37. The average molecular weight is 327 g/mol. The Balaban J connectivity index is 3.28. The highest BCUT2D eigenvalue weighted by Gasteiger charge is 2.21. The van der Waals surface area contributed by atoms with E-state index in [-0.39, 0.29) is 24.3 Å². The number of ether oxygens (including phenoxy) is 1. The molecule has 100 valence electrons. The lowest BCUT2D eigenvalue weighted by molar-refractivity contribution is -0.385. The summed E-state index contributed by atoms with van der Waals surface area (Å²) in [5, 5.41) is 20.4. The van der Waals surface area contributed by atoms with Gasteiger partial charge >= 0.3 is 5.97 Å². The second-order valence-electron chi connectivity index (χ2n) is 3.63. The van der Waals surface area contributed by atoms with Gasteiger partial charge in [-0.3, -0.25) is 14.9 Å². The molecule has 0 aliphatic heterocycles. The van der Waals surface area contributed by atoms with E-state index in [9.17, 15) is 14.9 Å². The number of alkyl halides is 1. The molecule has 0 amide bonds. The third-order valence-electron chi connectivity index (χ3n) is 2.36. The van der Waals surface area contributed by atoms with E-state index in [1.807, 2.05) is 0 Å². The molecule has 0 aliphatic carbocycles. The first-order chi connectivity index (χ1) is 9.03. The number of esters is 1. The molecule has 0 N–H and O–H groups in total. The van der Waals surface area contributed by atoms with E-state index in [0.29, 0.717) is 16.5 Å². The minimum absolute atomic E-state index is 0.0947. The number of rotatable bonds is 5.